The summed E-state index contributed by atoms with van der Waals surface area (Å²) in [5.41, 5.74) is 1.89. The molecule has 0 aliphatic heterocycles. The lowest BCUT2D eigenvalue weighted by Gasteiger charge is -1.93. The average molecular weight is 293 g/mol. The van der Waals surface area contributed by atoms with Gasteiger partial charge < -0.3 is 0 Å². The van der Waals surface area contributed by atoms with E-state index in [0.717, 1.165) is 14.9 Å². The largest absolute Gasteiger partial charge is 0.237 e. The van der Waals surface area contributed by atoms with E-state index >= 15 is 0 Å². The molecule has 2 heterocycles. The first kappa shape index (κ1) is 8.25. The zero-order valence-electron chi connectivity index (χ0n) is 6.25. The Bertz CT molecular complexity index is 437. The third-order valence-electron chi connectivity index (χ3n) is 1.64. The van der Waals surface area contributed by atoms with E-state index in [2.05, 4.69) is 32.7 Å². The van der Waals surface area contributed by atoms with Gasteiger partial charge in [0.05, 0.1) is 0 Å². The van der Waals surface area contributed by atoms with Gasteiger partial charge in [-0.1, -0.05) is 11.6 Å². The van der Waals surface area contributed by atoms with E-state index in [9.17, 15) is 0 Å². The third kappa shape index (κ3) is 1.09. The molecule has 0 fully saturated rings. The second kappa shape index (κ2) is 2.85. The van der Waals surface area contributed by atoms with E-state index in [-0.39, 0.29) is 0 Å². The molecule has 0 aromatic carbocycles. The van der Waals surface area contributed by atoms with Crippen LogP contribution in [0.2, 0.25) is 5.15 Å². The summed E-state index contributed by atoms with van der Waals surface area (Å²) in [5, 5.41) is 4.81. The van der Waals surface area contributed by atoms with Crippen LogP contribution in [0, 0.1) is 10.6 Å². The molecule has 0 bridgehead atoms. The Labute approximate surface area is 87.9 Å². The van der Waals surface area contributed by atoms with E-state index in [1.165, 1.54) is 0 Å². The number of halogens is 2. The number of rotatable bonds is 0. The maximum atomic E-state index is 5.90. The highest BCUT2D eigenvalue weighted by molar-refractivity contribution is 14.1. The zero-order chi connectivity index (χ0) is 8.72. The summed E-state index contributed by atoms with van der Waals surface area (Å²) in [6.45, 7) is 1.98. The maximum absolute atomic E-state index is 5.90. The summed E-state index contributed by atoms with van der Waals surface area (Å²) in [7, 11) is 0. The molecule has 0 spiro atoms. The van der Waals surface area contributed by atoms with Crippen molar-refractivity contribution in [2.75, 3.05) is 0 Å². The Morgan fingerprint density at radius 2 is 2.33 bits per heavy atom. The Morgan fingerprint density at radius 1 is 1.58 bits per heavy atom. The fourth-order valence-corrected chi connectivity index (χ4v) is 1.63. The van der Waals surface area contributed by atoms with Crippen LogP contribution in [0.4, 0.5) is 0 Å². The van der Waals surface area contributed by atoms with Crippen molar-refractivity contribution < 1.29 is 0 Å². The number of aromatic nitrogens is 3. The topological polar surface area (TPSA) is 30.2 Å². The van der Waals surface area contributed by atoms with Gasteiger partial charge in [0, 0.05) is 11.8 Å². The number of aryl methyl sites for hydroxylation is 1. The first-order valence-corrected chi connectivity index (χ1v) is 4.81. The fourth-order valence-electron chi connectivity index (χ4n) is 1.00. The quantitative estimate of drug-likeness (QED) is 0.551. The molecule has 62 valence electrons. The Kier molecular flexibility index (Phi) is 1.96. The van der Waals surface area contributed by atoms with Gasteiger partial charge in [-0.2, -0.15) is 5.10 Å². The second-order valence-electron chi connectivity index (χ2n) is 2.42. The van der Waals surface area contributed by atoms with Crippen molar-refractivity contribution in [3.8, 4) is 0 Å². The SMILES string of the molecule is Cc1c(I)nn2c(Cl)ccnc12. The predicted octanol–water partition coefficient (Wildman–Crippen LogP) is 2.30. The van der Waals surface area contributed by atoms with Crippen molar-refractivity contribution in [3.05, 3.63) is 26.7 Å². The van der Waals surface area contributed by atoms with Crippen molar-refractivity contribution in [2.45, 2.75) is 6.92 Å². The molecule has 3 nitrogen and oxygen atoms in total. The summed E-state index contributed by atoms with van der Waals surface area (Å²) in [4.78, 5) is 4.17. The molecule has 0 saturated heterocycles. The molecule has 2 aromatic heterocycles. The highest BCUT2D eigenvalue weighted by Crippen LogP contribution is 2.17. The highest BCUT2D eigenvalue weighted by Gasteiger charge is 2.07. The van der Waals surface area contributed by atoms with Crippen LogP contribution in [0.5, 0.6) is 0 Å². The normalized spacial score (nSPS) is 10.9. The van der Waals surface area contributed by atoms with Crippen LogP contribution in [0.15, 0.2) is 12.3 Å². The zero-order valence-corrected chi connectivity index (χ0v) is 9.17. The second-order valence-corrected chi connectivity index (χ2v) is 3.83. The monoisotopic (exact) mass is 293 g/mol. The van der Waals surface area contributed by atoms with Crippen LogP contribution in [-0.2, 0) is 0 Å². The summed E-state index contributed by atoms with van der Waals surface area (Å²) in [6.07, 6.45) is 1.68. The van der Waals surface area contributed by atoms with Crippen LogP contribution >= 0.6 is 34.2 Å². The molecule has 2 aromatic rings. The summed E-state index contributed by atoms with van der Waals surface area (Å²) in [6, 6.07) is 1.72. The van der Waals surface area contributed by atoms with Crippen LogP contribution < -0.4 is 0 Å². The first-order valence-electron chi connectivity index (χ1n) is 3.35. The Hall–Kier alpha value is -0.360. The average Bonchev–Trinajstić information content (AvgIpc) is 2.32. The minimum absolute atomic E-state index is 0.589. The van der Waals surface area contributed by atoms with Crippen LogP contribution in [-0.4, -0.2) is 14.6 Å². The summed E-state index contributed by atoms with van der Waals surface area (Å²) >= 11 is 8.06. The van der Waals surface area contributed by atoms with Crippen LogP contribution in [0.1, 0.15) is 5.56 Å². The van der Waals surface area contributed by atoms with Gasteiger partial charge in [0.25, 0.3) is 0 Å². The van der Waals surface area contributed by atoms with Crippen LogP contribution in [0.3, 0.4) is 0 Å². The van der Waals surface area contributed by atoms with Crippen molar-refractivity contribution >= 4 is 39.8 Å². The lowest BCUT2D eigenvalue weighted by molar-refractivity contribution is 0.927. The van der Waals surface area contributed by atoms with Gasteiger partial charge >= 0.3 is 0 Å². The predicted molar refractivity (Wildman–Crippen MR) is 55.5 cm³/mol. The number of fused-ring (bicyclic) bond motifs is 1. The molecule has 0 atom stereocenters. The third-order valence-corrected chi connectivity index (χ3v) is 2.96. The molecule has 0 radical (unpaired) electrons. The van der Waals surface area contributed by atoms with Gasteiger partial charge in [-0.3, -0.25) is 0 Å². The maximum Gasteiger partial charge on any atom is 0.160 e. The van der Waals surface area contributed by atoms with E-state index < -0.39 is 0 Å². The minimum atomic E-state index is 0.589. The molecule has 5 heteroatoms. The van der Waals surface area contributed by atoms with Gasteiger partial charge in [-0.05, 0) is 35.6 Å². The minimum Gasteiger partial charge on any atom is -0.237 e. The molecule has 0 unspecified atom stereocenters. The fraction of sp³-hybridized carbons (Fsp3) is 0.143. The molecule has 0 saturated carbocycles. The highest BCUT2D eigenvalue weighted by atomic mass is 127. The molecule has 0 N–H and O–H groups in total. The molecule has 0 amide bonds. The number of nitrogens with zero attached hydrogens (tertiary/aromatic N) is 3. The summed E-state index contributed by atoms with van der Waals surface area (Å²) in [5.74, 6) is 0. The van der Waals surface area contributed by atoms with E-state index in [0.29, 0.717) is 5.15 Å². The van der Waals surface area contributed by atoms with Gasteiger partial charge in [0.15, 0.2) is 5.65 Å². The van der Waals surface area contributed by atoms with E-state index in [1.54, 1.807) is 16.8 Å². The number of hydrogen-bond donors (Lipinski definition) is 0. The Balaban J connectivity index is 2.95. The standard InChI is InChI=1S/C7H5ClIN3/c1-4-6(9)11-12-5(8)2-3-10-7(4)12/h2-3H,1H3. The molecule has 0 aliphatic carbocycles. The lowest BCUT2D eigenvalue weighted by Crippen LogP contribution is -1.90. The summed E-state index contributed by atoms with van der Waals surface area (Å²) < 4.78 is 2.58. The van der Waals surface area contributed by atoms with Gasteiger partial charge in [0.1, 0.15) is 8.85 Å². The smallest absolute Gasteiger partial charge is 0.160 e. The lowest BCUT2D eigenvalue weighted by atomic mass is 10.4. The Morgan fingerprint density at radius 3 is 3.00 bits per heavy atom. The van der Waals surface area contributed by atoms with Crippen molar-refractivity contribution in [2.24, 2.45) is 0 Å². The van der Waals surface area contributed by atoms with E-state index in [1.807, 2.05) is 6.92 Å². The van der Waals surface area contributed by atoms with E-state index in [4.69, 9.17) is 11.6 Å². The number of hydrogen-bond acceptors (Lipinski definition) is 2. The van der Waals surface area contributed by atoms with Gasteiger partial charge in [0.2, 0.25) is 0 Å². The van der Waals surface area contributed by atoms with Gasteiger partial charge in [-0.15, -0.1) is 0 Å². The molecular weight excluding hydrogens is 288 g/mol. The molecular formula is C7H5ClIN3. The van der Waals surface area contributed by atoms with Crippen molar-refractivity contribution in [1.29, 1.82) is 0 Å². The van der Waals surface area contributed by atoms with Crippen molar-refractivity contribution in [3.63, 3.8) is 0 Å². The van der Waals surface area contributed by atoms with Gasteiger partial charge in [-0.25, -0.2) is 9.50 Å². The first-order chi connectivity index (χ1) is 5.70. The molecule has 12 heavy (non-hydrogen) atoms. The molecule has 0 aliphatic rings. The van der Waals surface area contributed by atoms with Crippen LogP contribution in [0.25, 0.3) is 5.65 Å². The van der Waals surface area contributed by atoms with Crippen molar-refractivity contribution in [1.82, 2.24) is 14.6 Å². The molecule has 2 rings (SSSR count).